The highest BCUT2D eigenvalue weighted by Gasteiger charge is 2.24. The van der Waals surface area contributed by atoms with Crippen LogP contribution in [0.25, 0.3) is 10.9 Å². The van der Waals surface area contributed by atoms with Crippen molar-refractivity contribution in [2.75, 3.05) is 18.0 Å². The molecular formula is C19H16ClF2N3O. The molecule has 1 aliphatic heterocycles. The molecule has 0 unspecified atom stereocenters. The van der Waals surface area contributed by atoms with Crippen LogP contribution in [0, 0.1) is 11.6 Å². The third-order valence-corrected chi connectivity index (χ3v) is 4.76. The molecule has 4 nitrogen and oxygen atoms in total. The second kappa shape index (κ2) is 7.03. The fraction of sp³-hybridized carbons (Fsp3) is 0.263. The Kier molecular flexibility index (Phi) is 4.59. The smallest absolute Gasteiger partial charge is 0.167 e. The molecule has 1 saturated heterocycles. The van der Waals surface area contributed by atoms with Crippen LogP contribution in [0.1, 0.15) is 12.8 Å². The molecule has 1 fully saturated rings. The van der Waals surface area contributed by atoms with Gasteiger partial charge in [-0.1, -0.05) is 11.6 Å². The number of benzene rings is 1. The minimum atomic E-state index is -0.681. The van der Waals surface area contributed by atoms with E-state index in [1.807, 2.05) is 12.1 Å². The summed E-state index contributed by atoms with van der Waals surface area (Å²) in [7, 11) is 0. The average molecular weight is 376 g/mol. The largest absolute Gasteiger partial charge is 0.487 e. The number of hydrogen-bond donors (Lipinski definition) is 0. The lowest BCUT2D eigenvalue weighted by molar-refractivity contribution is 0.163. The fourth-order valence-electron chi connectivity index (χ4n) is 3.14. The van der Waals surface area contributed by atoms with Crippen molar-refractivity contribution in [1.82, 2.24) is 9.97 Å². The maximum Gasteiger partial charge on any atom is 0.167 e. The third-order valence-electron chi connectivity index (χ3n) is 4.48. The highest BCUT2D eigenvalue weighted by atomic mass is 35.5. The van der Waals surface area contributed by atoms with Crippen LogP contribution in [0.4, 0.5) is 14.6 Å². The van der Waals surface area contributed by atoms with Crippen molar-refractivity contribution in [3.63, 3.8) is 0 Å². The zero-order chi connectivity index (χ0) is 18.1. The summed E-state index contributed by atoms with van der Waals surface area (Å²) >= 11 is 6.40. The number of halogens is 3. The number of ether oxygens (including phenoxy) is 1. The predicted octanol–water partition coefficient (Wildman–Crippen LogP) is 4.61. The quantitative estimate of drug-likeness (QED) is 0.670. The van der Waals surface area contributed by atoms with E-state index in [0.29, 0.717) is 31.0 Å². The predicted molar refractivity (Wildman–Crippen MR) is 96.8 cm³/mol. The van der Waals surface area contributed by atoms with Gasteiger partial charge in [-0.05, 0) is 24.3 Å². The van der Waals surface area contributed by atoms with Gasteiger partial charge in [-0.2, -0.15) is 0 Å². The van der Waals surface area contributed by atoms with Crippen molar-refractivity contribution in [2.24, 2.45) is 0 Å². The summed E-state index contributed by atoms with van der Waals surface area (Å²) in [5.41, 5.74) is 0.790. The Morgan fingerprint density at radius 1 is 1.12 bits per heavy atom. The van der Waals surface area contributed by atoms with Crippen LogP contribution in [-0.2, 0) is 0 Å². The molecular weight excluding hydrogens is 360 g/mol. The molecule has 26 heavy (non-hydrogen) atoms. The molecule has 0 atom stereocenters. The molecule has 3 heterocycles. The number of nitrogens with zero attached hydrogens (tertiary/aromatic N) is 3. The van der Waals surface area contributed by atoms with Crippen LogP contribution in [0.3, 0.4) is 0 Å². The molecule has 0 radical (unpaired) electrons. The van der Waals surface area contributed by atoms with Gasteiger partial charge in [0.15, 0.2) is 11.6 Å². The number of fused-ring (bicyclic) bond motifs is 1. The van der Waals surface area contributed by atoms with Crippen LogP contribution < -0.4 is 9.64 Å². The molecule has 4 rings (SSSR count). The number of rotatable bonds is 3. The van der Waals surface area contributed by atoms with Gasteiger partial charge in [0.2, 0.25) is 0 Å². The first-order valence-electron chi connectivity index (χ1n) is 8.37. The number of aromatic nitrogens is 2. The highest BCUT2D eigenvalue weighted by molar-refractivity contribution is 6.33. The zero-order valence-corrected chi connectivity index (χ0v) is 14.6. The highest BCUT2D eigenvalue weighted by Crippen LogP contribution is 2.30. The number of pyridine rings is 2. The Morgan fingerprint density at radius 3 is 2.69 bits per heavy atom. The van der Waals surface area contributed by atoms with Crippen LogP contribution in [-0.4, -0.2) is 29.2 Å². The van der Waals surface area contributed by atoms with Crippen molar-refractivity contribution < 1.29 is 13.5 Å². The lowest BCUT2D eigenvalue weighted by atomic mass is 10.1. The van der Waals surface area contributed by atoms with Crippen molar-refractivity contribution in [3.8, 4) is 5.75 Å². The Hall–Kier alpha value is -2.47. The first-order chi connectivity index (χ1) is 12.6. The fourth-order valence-corrected chi connectivity index (χ4v) is 3.42. The van der Waals surface area contributed by atoms with E-state index < -0.39 is 11.6 Å². The van der Waals surface area contributed by atoms with E-state index in [1.165, 1.54) is 12.1 Å². The standard InChI is InChI=1S/C19H16ClF2N3O/c20-15-9-12-3-6-23-11-17(12)24-19(15)25-7-4-14(5-8-25)26-18-2-1-13(21)10-16(18)22/h1-3,6,9-11,14H,4-5,7-8H2. The van der Waals surface area contributed by atoms with Gasteiger partial charge in [-0.15, -0.1) is 0 Å². The second-order valence-electron chi connectivity index (χ2n) is 6.24. The average Bonchev–Trinajstić information content (AvgIpc) is 2.64. The van der Waals surface area contributed by atoms with E-state index in [1.54, 1.807) is 12.4 Å². The summed E-state index contributed by atoms with van der Waals surface area (Å²) in [6.45, 7) is 1.37. The van der Waals surface area contributed by atoms with Crippen LogP contribution in [0.15, 0.2) is 42.7 Å². The first-order valence-corrected chi connectivity index (χ1v) is 8.75. The Labute approximate surface area is 154 Å². The molecule has 1 aromatic carbocycles. The molecule has 0 N–H and O–H groups in total. The van der Waals surface area contributed by atoms with Crippen molar-refractivity contribution in [2.45, 2.75) is 18.9 Å². The number of piperidine rings is 1. The Balaban J connectivity index is 1.46. The maximum atomic E-state index is 13.7. The minimum absolute atomic E-state index is 0.0813. The van der Waals surface area contributed by atoms with Crippen molar-refractivity contribution in [3.05, 3.63) is 59.4 Å². The summed E-state index contributed by atoms with van der Waals surface area (Å²) < 4.78 is 32.4. The van der Waals surface area contributed by atoms with Gasteiger partial charge >= 0.3 is 0 Å². The molecule has 0 aliphatic carbocycles. The topological polar surface area (TPSA) is 38.2 Å². The van der Waals surface area contributed by atoms with Gasteiger partial charge in [0.1, 0.15) is 17.7 Å². The normalized spacial score (nSPS) is 15.4. The number of hydrogen-bond acceptors (Lipinski definition) is 4. The summed E-state index contributed by atoms with van der Waals surface area (Å²) in [5.74, 6) is -0.494. The van der Waals surface area contributed by atoms with Gasteiger partial charge in [-0.25, -0.2) is 13.8 Å². The van der Waals surface area contributed by atoms with E-state index in [4.69, 9.17) is 16.3 Å². The van der Waals surface area contributed by atoms with E-state index in [2.05, 4.69) is 14.9 Å². The Morgan fingerprint density at radius 2 is 1.92 bits per heavy atom. The second-order valence-corrected chi connectivity index (χ2v) is 6.65. The molecule has 134 valence electrons. The third kappa shape index (κ3) is 3.42. The van der Waals surface area contributed by atoms with E-state index in [-0.39, 0.29) is 11.9 Å². The summed E-state index contributed by atoms with van der Waals surface area (Å²) in [4.78, 5) is 10.8. The summed E-state index contributed by atoms with van der Waals surface area (Å²) in [6.07, 6.45) is 4.67. The number of anilines is 1. The molecule has 2 aromatic heterocycles. The molecule has 0 amide bonds. The van der Waals surface area contributed by atoms with Crippen LogP contribution >= 0.6 is 11.6 Å². The van der Waals surface area contributed by atoms with E-state index in [9.17, 15) is 8.78 Å². The van der Waals surface area contributed by atoms with Crippen molar-refractivity contribution in [1.29, 1.82) is 0 Å². The lowest BCUT2D eigenvalue weighted by Crippen LogP contribution is -2.39. The van der Waals surface area contributed by atoms with E-state index in [0.717, 1.165) is 22.8 Å². The molecule has 1 aliphatic rings. The molecule has 7 heteroatoms. The van der Waals surface area contributed by atoms with Gasteiger partial charge in [0, 0.05) is 43.6 Å². The molecule has 0 bridgehead atoms. The monoisotopic (exact) mass is 375 g/mol. The van der Waals surface area contributed by atoms with Gasteiger partial charge in [-0.3, -0.25) is 4.98 Å². The SMILES string of the molecule is Fc1ccc(OC2CCN(c3nc4cnccc4cc3Cl)CC2)c(F)c1. The zero-order valence-electron chi connectivity index (χ0n) is 13.8. The molecule has 0 spiro atoms. The van der Waals surface area contributed by atoms with Crippen molar-refractivity contribution >= 4 is 28.3 Å². The van der Waals surface area contributed by atoms with E-state index >= 15 is 0 Å². The van der Waals surface area contributed by atoms with Crippen LogP contribution in [0.5, 0.6) is 5.75 Å². The van der Waals surface area contributed by atoms with Crippen LogP contribution in [0.2, 0.25) is 5.02 Å². The summed E-state index contributed by atoms with van der Waals surface area (Å²) in [5, 5.41) is 1.53. The summed E-state index contributed by atoms with van der Waals surface area (Å²) in [6, 6.07) is 7.11. The minimum Gasteiger partial charge on any atom is -0.487 e. The molecule has 0 saturated carbocycles. The molecule has 3 aromatic rings. The Bertz CT molecular complexity index is 945. The van der Waals surface area contributed by atoms with Gasteiger partial charge < -0.3 is 9.64 Å². The first kappa shape index (κ1) is 17.0. The van der Waals surface area contributed by atoms with Gasteiger partial charge in [0.05, 0.1) is 16.7 Å². The lowest BCUT2D eigenvalue weighted by Gasteiger charge is -2.33. The van der Waals surface area contributed by atoms with Gasteiger partial charge in [0.25, 0.3) is 0 Å². The maximum absolute atomic E-state index is 13.7.